The lowest BCUT2D eigenvalue weighted by molar-refractivity contribution is -0.200. The van der Waals surface area contributed by atoms with Crippen LogP contribution in [0.15, 0.2) is 25.3 Å². The van der Waals surface area contributed by atoms with E-state index in [2.05, 4.69) is 42.2 Å². The van der Waals surface area contributed by atoms with E-state index in [0.29, 0.717) is 0 Å². The lowest BCUT2D eigenvalue weighted by Crippen LogP contribution is -2.52. The largest absolute Gasteiger partial charge is 0.386 e. The van der Waals surface area contributed by atoms with Crippen LogP contribution in [-0.4, -0.2) is 104 Å². The Morgan fingerprint density at radius 1 is 0.955 bits per heavy atom. The van der Waals surface area contributed by atoms with Crippen molar-refractivity contribution in [3.63, 3.8) is 0 Å². The molecule has 44 heavy (non-hydrogen) atoms. The molecule has 9 atom stereocenters. The highest BCUT2D eigenvalue weighted by Crippen LogP contribution is 2.59. The van der Waals surface area contributed by atoms with E-state index in [1.807, 2.05) is 0 Å². The summed E-state index contributed by atoms with van der Waals surface area (Å²) in [6.07, 6.45) is -3.40. The molecule has 4 aromatic heterocycles. The number of aromatic nitrogens is 8. The number of hydrogen-bond acceptors (Lipinski definition) is 18. The molecule has 24 heteroatoms. The fourth-order valence-corrected chi connectivity index (χ4v) is 8.57. The molecule has 0 aliphatic carbocycles. The Morgan fingerprint density at radius 3 is 2.39 bits per heavy atom. The van der Waals surface area contributed by atoms with Gasteiger partial charge < -0.3 is 40.6 Å². The molecule has 20 nitrogen and oxygen atoms in total. The summed E-state index contributed by atoms with van der Waals surface area (Å²) in [6, 6.07) is 0. The minimum Gasteiger partial charge on any atom is -0.386 e. The molecule has 3 aliphatic rings. The Labute approximate surface area is 256 Å². The number of fused-ring (bicyclic) bond motifs is 4. The van der Waals surface area contributed by atoms with Crippen molar-refractivity contribution in [3.05, 3.63) is 25.3 Å². The predicted molar refractivity (Wildman–Crippen MR) is 154 cm³/mol. The van der Waals surface area contributed by atoms with Crippen LogP contribution in [-0.2, 0) is 49.7 Å². The number of nitrogen functional groups attached to an aromatic ring is 2. The van der Waals surface area contributed by atoms with Crippen molar-refractivity contribution in [1.82, 2.24) is 39.0 Å². The van der Waals surface area contributed by atoms with Crippen LogP contribution in [0.5, 0.6) is 0 Å². The van der Waals surface area contributed by atoms with Crippen molar-refractivity contribution in [3.8, 4) is 0 Å². The fraction of sp³-hybridized carbons (Fsp3) is 0.500. The van der Waals surface area contributed by atoms with Gasteiger partial charge in [-0.2, -0.15) is 0 Å². The first-order valence-electron chi connectivity index (χ1n) is 12.7. The first-order valence-corrected chi connectivity index (χ1v) is 18.0. The maximum atomic E-state index is 13.5. The molecule has 3 fully saturated rings. The number of anilines is 2. The van der Waals surface area contributed by atoms with Gasteiger partial charge in [0.15, 0.2) is 34.9 Å². The van der Waals surface area contributed by atoms with Gasteiger partial charge in [-0.15, -0.1) is 0 Å². The minimum atomic E-state index is -4.32. The van der Waals surface area contributed by atoms with Gasteiger partial charge >= 0.3 is 13.5 Å². The second-order valence-corrected chi connectivity index (χ2v) is 15.7. The number of nitrogens with two attached hydrogens (primary N) is 2. The van der Waals surface area contributed by atoms with Gasteiger partial charge in [0.25, 0.3) is 0 Å². The van der Waals surface area contributed by atoms with Crippen LogP contribution in [0.2, 0.25) is 0 Å². The molecule has 6 unspecified atom stereocenters. The monoisotopic (exact) mass is 690 g/mol. The Morgan fingerprint density at radius 2 is 1.64 bits per heavy atom. The van der Waals surface area contributed by atoms with Crippen LogP contribution >= 0.6 is 25.8 Å². The summed E-state index contributed by atoms with van der Waals surface area (Å²) in [7, 11) is 0. The molecule has 0 saturated carbocycles. The molecule has 3 aliphatic heterocycles. The summed E-state index contributed by atoms with van der Waals surface area (Å²) < 4.78 is 50.5. The molecule has 7 rings (SSSR count). The van der Waals surface area contributed by atoms with Gasteiger partial charge in [0.1, 0.15) is 54.2 Å². The zero-order chi connectivity index (χ0) is 31.0. The SMILES string of the molecule is Nc1ncnc2c1ncn2[C@@H]1OC[C@H]2OP(O)(=S)OC3[C@H](COP(=O)(S)OC2C1O)OCC3(O)n1cnc2c(N)ncnc21. The Balaban J connectivity index is 1.22. The van der Waals surface area contributed by atoms with E-state index in [1.54, 1.807) is 0 Å². The van der Waals surface area contributed by atoms with E-state index in [9.17, 15) is 19.7 Å². The average Bonchev–Trinajstić information content (AvgIpc) is 3.67. The molecule has 0 amide bonds. The molecule has 0 spiro atoms. The number of aliphatic hydroxyl groups excluding tert-OH is 1. The second-order valence-electron chi connectivity index (χ2n) is 10.0. The van der Waals surface area contributed by atoms with Crippen molar-refractivity contribution in [2.45, 2.75) is 42.5 Å². The Bertz CT molecular complexity index is 1850. The van der Waals surface area contributed by atoms with Crippen LogP contribution in [0.25, 0.3) is 22.3 Å². The summed E-state index contributed by atoms with van der Waals surface area (Å²) in [6.45, 7) is -9.91. The van der Waals surface area contributed by atoms with E-state index >= 15 is 0 Å². The third kappa shape index (κ3) is 5.09. The number of aliphatic hydroxyl groups is 2. The van der Waals surface area contributed by atoms with Crippen LogP contribution in [0.1, 0.15) is 6.23 Å². The average molecular weight is 691 g/mol. The first-order chi connectivity index (χ1) is 20.9. The number of ether oxygens (including phenoxy) is 2. The second kappa shape index (κ2) is 10.8. The van der Waals surface area contributed by atoms with Crippen LogP contribution in [0.4, 0.5) is 11.6 Å². The topological polar surface area (TPSA) is 272 Å². The Hall–Kier alpha value is -2.43. The number of imidazole rings is 2. The third-order valence-electron chi connectivity index (χ3n) is 7.34. The van der Waals surface area contributed by atoms with Crippen LogP contribution in [0.3, 0.4) is 0 Å². The lowest BCUT2D eigenvalue weighted by atomic mass is 10.0. The molecule has 7 heterocycles. The van der Waals surface area contributed by atoms with Crippen molar-refractivity contribution in [2.75, 3.05) is 31.3 Å². The van der Waals surface area contributed by atoms with Crippen molar-refractivity contribution in [2.24, 2.45) is 0 Å². The highest BCUT2D eigenvalue weighted by atomic mass is 32.7. The molecule has 0 radical (unpaired) electrons. The normalized spacial score (nSPS) is 38.3. The van der Waals surface area contributed by atoms with E-state index < -0.39 is 69.2 Å². The van der Waals surface area contributed by atoms with E-state index in [-0.39, 0.29) is 40.6 Å². The van der Waals surface area contributed by atoms with E-state index in [4.69, 9.17) is 50.8 Å². The lowest BCUT2D eigenvalue weighted by Gasteiger charge is -2.41. The number of rotatable bonds is 2. The standard InChI is InChI=1S/C20H24N10O10P2S2/c21-15-10-17(25-4-23-15)29(6-27-10)19-12(31)13-8(1-35-19)38-42(34,44)40-14-9(2-37-41(33,43)39-13)36-3-20(14,32)30-7-28-11-16(22)24-5-26-18(11)30/h4-9,12-14,19,31-32H,1-3H2,(H,33,43)(H,34,44)(H2,21,23,25)(H2,22,24,26)/t8-,9+,12?,13?,14?,19-,20?,41?,42?/m1/s1. The maximum absolute atomic E-state index is 13.5. The number of thiol groups is 1. The van der Waals surface area contributed by atoms with Crippen LogP contribution < -0.4 is 11.5 Å². The van der Waals surface area contributed by atoms with Gasteiger partial charge in [-0.1, -0.05) is 12.2 Å². The van der Waals surface area contributed by atoms with Crippen molar-refractivity contribution < 1.29 is 47.2 Å². The molecule has 3 saturated heterocycles. The summed E-state index contributed by atoms with van der Waals surface area (Å²) in [5, 5.41) is 23.3. The molecule has 0 aromatic carbocycles. The molecule has 4 aromatic rings. The highest BCUT2D eigenvalue weighted by molar-refractivity contribution is 8.44. The summed E-state index contributed by atoms with van der Waals surface area (Å²) in [5.41, 5.74) is 10.5. The zero-order valence-electron chi connectivity index (χ0n) is 22.1. The minimum absolute atomic E-state index is 0.0584. The maximum Gasteiger partial charge on any atom is 0.386 e. The smallest absolute Gasteiger partial charge is 0.386 e. The molecule has 7 N–H and O–H groups in total. The molecular formula is C20H24N10O10P2S2. The molecular weight excluding hydrogens is 666 g/mol. The number of hydrogen-bond donors (Lipinski definition) is 6. The predicted octanol–water partition coefficient (Wildman–Crippen LogP) is -0.795. The van der Waals surface area contributed by atoms with Crippen LogP contribution in [0, 0.1) is 0 Å². The van der Waals surface area contributed by atoms with E-state index in [0.717, 1.165) is 0 Å². The van der Waals surface area contributed by atoms with Crippen molar-refractivity contribution in [1.29, 1.82) is 0 Å². The quantitative estimate of drug-likeness (QED) is 0.111. The summed E-state index contributed by atoms with van der Waals surface area (Å²) >= 11 is 9.42. The number of nitrogens with zero attached hydrogens (tertiary/aromatic N) is 8. The van der Waals surface area contributed by atoms with E-state index in [1.165, 1.54) is 34.4 Å². The van der Waals surface area contributed by atoms with Crippen molar-refractivity contribution >= 4 is 71.5 Å². The van der Waals surface area contributed by atoms with Gasteiger partial charge in [0.2, 0.25) is 0 Å². The van der Waals surface area contributed by atoms with Gasteiger partial charge in [-0.3, -0.25) is 22.7 Å². The zero-order valence-corrected chi connectivity index (χ0v) is 25.6. The first kappa shape index (κ1) is 30.2. The molecule has 236 valence electrons. The summed E-state index contributed by atoms with van der Waals surface area (Å²) in [5.74, 6) is 0.160. The van der Waals surface area contributed by atoms with Gasteiger partial charge in [-0.25, -0.2) is 34.5 Å². The summed E-state index contributed by atoms with van der Waals surface area (Å²) in [4.78, 5) is 35.7. The van der Waals surface area contributed by atoms with Gasteiger partial charge in [0.05, 0.1) is 32.5 Å². The Kier molecular flexibility index (Phi) is 7.45. The fourth-order valence-electron chi connectivity index (χ4n) is 5.31. The highest BCUT2D eigenvalue weighted by Gasteiger charge is 2.56. The molecule has 0 bridgehead atoms. The van der Waals surface area contributed by atoms with Gasteiger partial charge in [-0.05, 0) is 11.8 Å². The third-order valence-corrected chi connectivity index (χ3v) is 10.5. The van der Waals surface area contributed by atoms with Gasteiger partial charge in [0, 0.05) is 0 Å².